The molecule has 1 aliphatic rings. The highest BCUT2D eigenvalue weighted by molar-refractivity contribution is 5.77. The average molecular weight is 274 g/mol. The van der Waals surface area contributed by atoms with Crippen molar-refractivity contribution in [1.29, 1.82) is 0 Å². The van der Waals surface area contributed by atoms with E-state index in [1.807, 2.05) is 18.2 Å². The molecular weight excluding hydrogens is 252 g/mol. The summed E-state index contributed by atoms with van der Waals surface area (Å²) in [4.78, 5) is 2.41. The van der Waals surface area contributed by atoms with E-state index >= 15 is 0 Å². The molecule has 0 aliphatic carbocycles. The van der Waals surface area contributed by atoms with Crippen molar-refractivity contribution < 1.29 is 9.15 Å². The third-order valence-corrected chi connectivity index (χ3v) is 4.23. The Hall–Kier alpha value is -1.36. The van der Waals surface area contributed by atoms with Crippen LogP contribution in [0.4, 0.5) is 0 Å². The highest BCUT2D eigenvalue weighted by Crippen LogP contribution is 2.24. The van der Waals surface area contributed by atoms with Crippen LogP contribution in [0.15, 0.2) is 34.7 Å². The van der Waals surface area contributed by atoms with E-state index in [0.29, 0.717) is 18.7 Å². The van der Waals surface area contributed by atoms with Gasteiger partial charge in [-0.3, -0.25) is 4.90 Å². The van der Waals surface area contributed by atoms with Gasteiger partial charge in [0, 0.05) is 31.6 Å². The molecule has 2 aromatic rings. The molecule has 4 nitrogen and oxygen atoms in total. The molecule has 0 radical (unpaired) electrons. The zero-order valence-corrected chi connectivity index (χ0v) is 11.9. The summed E-state index contributed by atoms with van der Waals surface area (Å²) in [5.41, 5.74) is 6.87. The number of piperidine rings is 1. The largest absolute Gasteiger partial charge is 0.460 e. The predicted octanol–water partition coefficient (Wildman–Crippen LogP) is 2.37. The first-order chi connectivity index (χ1) is 9.80. The molecule has 1 aliphatic heterocycles. The summed E-state index contributed by atoms with van der Waals surface area (Å²) in [6, 6.07) is 10.6. The van der Waals surface area contributed by atoms with Crippen LogP contribution in [0.3, 0.4) is 0 Å². The topological polar surface area (TPSA) is 51.6 Å². The molecule has 1 fully saturated rings. The zero-order chi connectivity index (χ0) is 13.9. The Kier molecular flexibility index (Phi) is 4.05. The molecule has 2 unspecified atom stereocenters. The maximum atomic E-state index is 5.91. The highest BCUT2D eigenvalue weighted by Gasteiger charge is 2.28. The minimum absolute atomic E-state index is 0.343. The second kappa shape index (κ2) is 5.95. The number of methoxy groups -OCH3 is 1. The summed E-state index contributed by atoms with van der Waals surface area (Å²) in [5, 5.41) is 1.17. The van der Waals surface area contributed by atoms with Gasteiger partial charge in [-0.15, -0.1) is 0 Å². The van der Waals surface area contributed by atoms with Gasteiger partial charge < -0.3 is 14.9 Å². The number of nitrogens with two attached hydrogens (primary N) is 1. The lowest BCUT2D eigenvalue weighted by Gasteiger charge is -2.37. The van der Waals surface area contributed by atoms with E-state index in [1.54, 1.807) is 7.11 Å². The third kappa shape index (κ3) is 2.73. The average Bonchev–Trinajstić information content (AvgIpc) is 2.90. The van der Waals surface area contributed by atoms with Crippen LogP contribution in [0, 0.1) is 0 Å². The van der Waals surface area contributed by atoms with Crippen LogP contribution < -0.4 is 5.73 Å². The summed E-state index contributed by atoms with van der Waals surface area (Å²) in [5.74, 6) is 1.01. The number of hydrogen-bond donors (Lipinski definition) is 1. The molecule has 20 heavy (non-hydrogen) atoms. The number of para-hydroxylation sites is 1. The Labute approximate surface area is 119 Å². The van der Waals surface area contributed by atoms with Crippen LogP contribution in [0.25, 0.3) is 11.0 Å². The van der Waals surface area contributed by atoms with Gasteiger partial charge in [0.2, 0.25) is 0 Å². The maximum Gasteiger partial charge on any atom is 0.134 e. The van der Waals surface area contributed by atoms with Gasteiger partial charge in [0.15, 0.2) is 0 Å². The number of rotatable bonds is 4. The lowest BCUT2D eigenvalue weighted by Crippen LogP contribution is -2.47. The summed E-state index contributed by atoms with van der Waals surface area (Å²) < 4.78 is 11.4. The normalized spacial score (nSPS) is 24.3. The Morgan fingerprint density at radius 2 is 2.25 bits per heavy atom. The molecule has 2 atom stereocenters. The first kappa shape index (κ1) is 13.6. The fraction of sp³-hybridized carbons (Fsp3) is 0.500. The minimum Gasteiger partial charge on any atom is -0.460 e. The van der Waals surface area contributed by atoms with Gasteiger partial charge in [0.1, 0.15) is 11.3 Å². The minimum atomic E-state index is 0.343. The van der Waals surface area contributed by atoms with Crippen molar-refractivity contribution in [2.45, 2.75) is 31.5 Å². The summed E-state index contributed by atoms with van der Waals surface area (Å²) in [6.07, 6.45) is 2.41. The van der Waals surface area contributed by atoms with E-state index in [2.05, 4.69) is 17.0 Å². The van der Waals surface area contributed by atoms with Crippen LogP contribution in [-0.4, -0.2) is 37.2 Å². The fourth-order valence-electron chi connectivity index (χ4n) is 3.05. The van der Waals surface area contributed by atoms with Crippen LogP contribution in [0.1, 0.15) is 18.6 Å². The van der Waals surface area contributed by atoms with Crippen LogP contribution in [-0.2, 0) is 11.3 Å². The molecule has 1 saturated heterocycles. The fourth-order valence-corrected chi connectivity index (χ4v) is 3.05. The molecule has 1 aromatic carbocycles. The van der Waals surface area contributed by atoms with E-state index < -0.39 is 0 Å². The third-order valence-electron chi connectivity index (χ3n) is 4.23. The number of fused-ring (bicyclic) bond motifs is 1. The van der Waals surface area contributed by atoms with E-state index in [0.717, 1.165) is 37.3 Å². The maximum absolute atomic E-state index is 5.91. The molecule has 3 rings (SSSR count). The molecule has 2 heterocycles. The van der Waals surface area contributed by atoms with Crippen LogP contribution >= 0.6 is 0 Å². The summed E-state index contributed by atoms with van der Waals surface area (Å²) >= 11 is 0. The Bertz CT molecular complexity index is 533. The Morgan fingerprint density at radius 3 is 3.00 bits per heavy atom. The predicted molar refractivity (Wildman–Crippen MR) is 79.5 cm³/mol. The number of likely N-dealkylation sites (tertiary alicyclic amines) is 1. The standard InChI is InChI=1S/C16H22N2O2/c1-19-14-6-7-18(13(9-14)10-17)11-15-8-12-4-2-3-5-16(12)20-15/h2-5,8,13-14H,6-7,9-11,17H2,1H3. The van der Waals surface area contributed by atoms with Gasteiger partial charge >= 0.3 is 0 Å². The first-order valence-electron chi connectivity index (χ1n) is 7.24. The van der Waals surface area contributed by atoms with Crippen molar-refractivity contribution in [2.75, 3.05) is 20.2 Å². The van der Waals surface area contributed by atoms with Crippen molar-refractivity contribution in [2.24, 2.45) is 5.73 Å². The van der Waals surface area contributed by atoms with Gasteiger partial charge in [-0.25, -0.2) is 0 Å². The molecule has 0 spiro atoms. The van der Waals surface area contributed by atoms with Gasteiger partial charge in [-0.2, -0.15) is 0 Å². The second-order valence-electron chi connectivity index (χ2n) is 5.49. The van der Waals surface area contributed by atoms with E-state index in [9.17, 15) is 0 Å². The lowest BCUT2D eigenvalue weighted by atomic mass is 9.99. The number of hydrogen-bond acceptors (Lipinski definition) is 4. The summed E-state index contributed by atoms with van der Waals surface area (Å²) in [7, 11) is 1.78. The quantitative estimate of drug-likeness (QED) is 0.930. The molecule has 1 aromatic heterocycles. The summed E-state index contributed by atoms with van der Waals surface area (Å²) in [6.45, 7) is 2.50. The monoisotopic (exact) mass is 274 g/mol. The smallest absolute Gasteiger partial charge is 0.134 e. The molecular formula is C16H22N2O2. The SMILES string of the molecule is COC1CCN(Cc2cc3ccccc3o2)C(CN)C1. The molecule has 2 N–H and O–H groups in total. The number of nitrogens with zero attached hydrogens (tertiary/aromatic N) is 1. The molecule has 0 bridgehead atoms. The van der Waals surface area contributed by atoms with Crippen molar-refractivity contribution in [3.63, 3.8) is 0 Å². The lowest BCUT2D eigenvalue weighted by molar-refractivity contribution is 0.00813. The first-order valence-corrected chi connectivity index (χ1v) is 7.24. The van der Waals surface area contributed by atoms with E-state index in [-0.39, 0.29) is 0 Å². The van der Waals surface area contributed by atoms with E-state index in [1.165, 1.54) is 5.39 Å². The van der Waals surface area contributed by atoms with Crippen molar-refractivity contribution in [3.8, 4) is 0 Å². The van der Waals surface area contributed by atoms with Crippen LogP contribution in [0.5, 0.6) is 0 Å². The number of furan rings is 1. The van der Waals surface area contributed by atoms with E-state index in [4.69, 9.17) is 14.9 Å². The second-order valence-corrected chi connectivity index (χ2v) is 5.49. The van der Waals surface area contributed by atoms with Gasteiger partial charge in [-0.05, 0) is 25.0 Å². The van der Waals surface area contributed by atoms with Crippen LogP contribution in [0.2, 0.25) is 0 Å². The highest BCUT2D eigenvalue weighted by atomic mass is 16.5. The molecule has 4 heteroatoms. The van der Waals surface area contributed by atoms with Crippen molar-refractivity contribution in [3.05, 3.63) is 36.1 Å². The van der Waals surface area contributed by atoms with Crippen molar-refractivity contribution in [1.82, 2.24) is 4.90 Å². The number of benzene rings is 1. The van der Waals surface area contributed by atoms with Crippen molar-refractivity contribution >= 4 is 11.0 Å². The Balaban J connectivity index is 1.73. The molecule has 0 amide bonds. The molecule has 0 saturated carbocycles. The zero-order valence-electron chi connectivity index (χ0n) is 11.9. The van der Waals surface area contributed by atoms with Gasteiger partial charge in [0.25, 0.3) is 0 Å². The van der Waals surface area contributed by atoms with Gasteiger partial charge in [-0.1, -0.05) is 18.2 Å². The Morgan fingerprint density at radius 1 is 1.40 bits per heavy atom. The van der Waals surface area contributed by atoms with Gasteiger partial charge in [0.05, 0.1) is 12.6 Å². The molecule has 108 valence electrons. The number of ether oxygens (including phenoxy) is 1.